The predicted molar refractivity (Wildman–Crippen MR) is 77.8 cm³/mol. The third-order valence-corrected chi connectivity index (χ3v) is 4.27. The summed E-state index contributed by atoms with van der Waals surface area (Å²) in [6.07, 6.45) is 2.22. The van der Waals surface area contributed by atoms with Gasteiger partial charge in [0.05, 0.1) is 18.4 Å². The Morgan fingerprint density at radius 2 is 2.35 bits per heavy atom. The summed E-state index contributed by atoms with van der Waals surface area (Å²) in [4.78, 5) is 17.4. The Morgan fingerprint density at radius 3 is 2.90 bits per heavy atom. The molecule has 1 amide bonds. The van der Waals surface area contributed by atoms with Crippen molar-refractivity contribution in [2.24, 2.45) is 0 Å². The molecule has 0 aliphatic heterocycles. The fraction of sp³-hybridized carbons (Fsp3) is 0.429. The number of nitrogens with one attached hydrogen (secondary N) is 1. The fourth-order valence-corrected chi connectivity index (χ4v) is 2.56. The molecule has 2 aromatic heterocycles. The molecule has 2 aromatic rings. The third kappa shape index (κ3) is 2.91. The Hall–Kier alpha value is -1.66. The molecule has 2 rings (SSSR count). The molecule has 0 spiro atoms. The number of aryl methyl sites for hydroxylation is 1. The zero-order valence-electron chi connectivity index (χ0n) is 11.8. The van der Waals surface area contributed by atoms with Crippen molar-refractivity contribution in [3.8, 4) is 10.8 Å². The van der Waals surface area contributed by atoms with E-state index in [1.807, 2.05) is 19.9 Å². The van der Waals surface area contributed by atoms with Crippen molar-refractivity contribution in [2.75, 3.05) is 6.61 Å². The summed E-state index contributed by atoms with van der Waals surface area (Å²) in [7, 11) is 0. The first-order valence-corrected chi connectivity index (χ1v) is 7.25. The Morgan fingerprint density at radius 1 is 1.60 bits per heavy atom. The maximum absolute atomic E-state index is 12.3. The van der Waals surface area contributed by atoms with E-state index in [4.69, 9.17) is 4.42 Å². The van der Waals surface area contributed by atoms with E-state index in [1.165, 1.54) is 11.3 Å². The average molecular weight is 294 g/mol. The third-order valence-electron chi connectivity index (χ3n) is 3.29. The SMILES string of the molecule is CCC(C)(CO)NC(=O)c1nc(-c2ccco2)sc1C. The van der Waals surface area contributed by atoms with Crippen LogP contribution in [0.25, 0.3) is 10.8 Å². The van der Waals surface area contributed by atoms with Crippen LogP contribution >= 0.6 is 11.3 Å². The lowest BCUT2D eigenvalue weighted by Gasteiger charge is -2.26. The average Bonchev–Trinajstić information content (AvgIpc) is 3.07. The second kappa shape index (κ2) is 5.76. The molecule has 0 aromatic carbocycles. The van der Waals surface area contributed by atoms with Crippen LogP contribution in [0.5, 0.6) is 0 Å². The summed E-state index contributed by atoms with van der Waals surface area (Å²) in [6.45, 7) is 5.46. The number of rotatable bonds is 5. The first kappa shape index (κ1) is 14.7. The minimum Gasteiger partial charge on any atom is -0.462 e. The Bertz CT molecular complexity index is 586. The summed E-state index contributed by atoms with van der Waals surface area (Å²) in [5, 5.41) is 12.9. The molecule has 0 saturated heterocycles. The van der Waals surface area contributed by atoms with E-state index in [9.17, 15) is 9.90 Å². The monoisotopic (exact) mass is 294 g/mol. The Labute approximate surface area is 121 Å². The number of carbonyl (C=O) groups is 1. The van der Waals surface area contributed by atoms with Gasteiger partial charge < -0.3 is 14.8 Å². The van der Waals surface area contributed by atoms with Crippen molar-refractivity contribution in [1.29, 1.82) is 0 Å². The first-order chi connectivity index (χ1) is 9.49. The van der Waals surface area contributed by atoms with Gasteiger partial charge in [0.15, 0.2) is 10.8 Å². The molecule has 6 heteroatoms. The van der Waals surface area contributed by atoms with Crippen LogP contribution in [0, 0.1) is 6.92 Å². The second-order valence-electron chi connectivity index (χ2n) is 4.93. The van der Waals surface area contributed by atoms with Gasteiger partial charge >= 0.3 is 0 Å². The Kier molecular flexibility index (Phi) is 4.25. The van der Waals surface area contributed by atoms with Crippen LogP contribution in [0.4, 0.5) is 0 Å². The lowest BCUT2D eigenvalue weighted by atomic mass is 10.00. The van der Waals surface area contributed by atoms with Gasteiger partial charge in [0, 0.05) is 4.88 Å². The van der Waals surface area contributed by atoms with E-state index in [0.29, 0.717) is 22.9 Å². The van der Waals surface area contributed by atoms with E-state index in [1.54, 1.807) is 19.3 Å². The standard InChI is InChI=1S/C14H18N2O3S/c1-4-14(3,8-17)16-12(18)11-9(2)20-13(15-11)10-6-5-7-19-10/h5-7,17H,4,8H2,1-3H3,(H,16,18). The molecule has 0 bridgehead atoms. The van der Waals surface area contributed by atoms with Gasteiger partial charge in [-0.2, -0.15) is 0 Å². The van der Waals surface area contributed by atoms with Crippen LogP contribution in [0.2, 0.25) is 0 Å². The number of aromatic nitrogens is 1. The molecular weight excluding hydrogens is 276 g/mol. The van der Waals surface area contributed by atoms with Gasteiger partial charge in [-0.3, -0.25) is 4.79 Å². The van der Waals surface area contributed by atoms with Crippen LogP contribution in [-0.4, -0.2) is 28.1 Å². The molecule has 5 nitrogen and oxygen atoms in total. The maximum Gasteiger partial charge on any atom is 0.271 e. The largest absolute Gasteiger partial charge is 0.462 e. The molecule has 0 aliphatic carbocycles. The summed E-state index contributed by atoms with van der Waals surface area (Å²) in [6, 6.07) is 3.59. The lowest BCUT2D eigenvalue weighted by molar-refractivity contribution is 0.0842. The first-order valence-electron chi connectivity index (χ1n) is 6.44. The van der Waals surface area contributed by atoms with Gasteiger partial charge in [0.1, 0.15) is 5.69 Å². The highest BCUT2D eigenvalue weighted by Crippen LogP contribution is 2.28. The normalized spacial score (nSPS) is 14.0. The predicted octanol–water partition coefficient (Wildman–Crippen LogP) is 2.60. The highest BCUT2D eigenvalue weighted by molar-refractivity contribution is 7.15. The summed E-state index contributed by atoms with van der Waals surface area (Å²) in [5.74, 6) is 0.382. The zero-order valence-corrected chi connectivity index (χ0v) is 12.6. The Balaban J connectivity index is 2.23. The van der Waals surface area contributed by atoms with Crippen LogP contribution in [0.15, 0.2) is 22.8 Å². The van der Waals surface area contributed by atoms with Crippen molar-refractivity contribution in [3.63, 3.8) is 0 Å². The van der Waals surface area contributed by atoms with Gasteiger partial charge in [0.2, 0.25) is 0 Å². The number of hydrogen-bond acceptors (Lipinski definition) is 5. The van der Waals surface area contributed by atoms with Crippen molar-refractivity contribution in [3.05, 3.63) is 29.0 Å². The smallest absolute Gasteiger partial charge is 0.271 e. The van der Waals surface area contributed by atoms with Crippen LogP contribution in [0.3, 0.4) is 0 Å². The van der Waals surface area contributed by atoms with E-state index < -0.39 is 5.54 Å². The molecule has 2 heterocycles. The lowest BCUT2D eigenvalue weighted by Crippen LogP contribution is -2.48. The number of hydrogen-bond donors (Lipinski definition) is 2. The number of nitrogens with zero attached hydrogens (tertiary/aromatic N) is 1. The molecule has 1 unspecified atom stereocenters. The zero-order chi connectivity index (χ0) is 14.8. The highest BCUT2D eigenvalue weighted by Gasteiger charge is 2.26. The number of aliphatic hydroxyl groups is 1. The molecular formula is C14H18N2O3S. The fourth-order valence-electron chi connectivity index (χ4n) is 1.69. The molecule has 0 radical (unpaired) electrons. The van der Waals surface area contributed by atoms with Crippen molar-refractivity contribution in [2.45, 2.75) is 32.7 Å². The van der Waals surface area contributed by atoms with E-state index >= 15 is 0 Å². The minimum absolute atomic E-state index is 0.108. The number of amides is 1. The van der Waals surface area contributed by atoms with E-state index in [2.05, 4.69) is 10.3 Å². The summed E-state index contributed by atoms with van der Waals surface area (Å²) >= 11 is 1.41. The number of thiazole rings is 1. The summed E-state index contributed by atoms with van der Waals surface area (Å²) < 4.78 is 5.29. The van der Waals surface area contributed by atoms with Gasteiger partial charge in [-0.05, 0) is 32.4 Å². The number of aliphatic hydroxyl groups excluding tert-OH is 1. The topological polar surface area (TPSA) is 75.4 Å². The second-order valence-corrected chi connectivity index (χ2v) is 6.13. The quantitative estimate of drug-likeness (QED) is 0.888. The number of furan rings is 1. The van der Waals surface area contributed by atoms with Crippen molar-refractivity contribution in [1.82, 2.24) is 10.3 Å². The van der Waals surface area contributed by atoms with Crippen molar-refractivity contribution < 1.29 is 14.3 Å². The van der Waals surface area contributed by atoms with Crippen LogP contribution < -0.4 is 5.32 Å². The van der Waals surface area contributed by atoms with Crippen LogP contribution in [-0.2, 0) is 0 Å². The van der Waals surface area contributed by atoms with Crippen LogP contribution in [0.1, 0.15) is 35.6 Å². The molecule has 1 atom stereocenters. The van der Waals surface area contributed by atoms with E-state index in [-0.39, 0.29) is 12.5 Å². The molecule has 0 saturated carbocycles. The molecule has 20 heavy (non-hydrogen) atoms. The van der Waals surface area contributed by atoms with Gasteiger partial charge in [-0.25, -0.2) is 4.98 Å². The van der Waals surface area contributed by atoms with Crippen molar-refractivity contribution >= 4 is 17.2 Å². The molecule has 0 aliphatic rings. The highest BCUT2D eigenvalue weighted by atomic mass is 32.1. The van der Waals surface area contributed by atoms with E-state index in [0.717, 1.165) is 4.88 Å². The number of carbonyl (C=O) groups excluding carboxylic acids is 1. The molecule has 2 N–H and O–H groups in total. The van der Waals surface area contributed by atoms with Gasteiger partial charge in [0.25, 0.3) is 5.91 Å². The van der Waals surface area contributed by atoms with Gasteiger partial charge in [-0.15, -0.1) is 11.3 Å². The maximum atomic E-state index is 12.3. The van der Waals surface area contributed by atoms with Gasteiger partial charge in [-0.1, -0.05) is 6.92 Å². The molecule has 0 fully saturated rings. The summed E-state index contributed by atoms with van der Waals surface area (Å²) in [5.41, 5.74) is -0.243. The minimum atomic E-state index is -0.627. The molecule has 108 valence electrons.